The third-order valence-corrected chi connectivity index (χ3v) is 4.55. The van der Waals surface area contributed by atoms with Crippen LogP contribution in [0.25, 0.3) is 0 Å². The van der Waals surface area contributed by atoms with Crippen LogP contribution < -0.4 is 5.73 Å². The molecule has 0 amide bonds. The van der Waals surface area contributed by atoms with Gasteiger partial charge in [-0.2, -0.15) is 0 Å². The maximum absolute atomic E-state index is 6.10. The fourth-order valence-electron chi connectivity index (χ4n) is 3.35. The lowest BCUT2D eigenvalue weighted by Crippen LogP contribution is -2.38. The summed E-state index contributed by atoms with van der Waals surface area (Å²) in [7, 11) is 0. The van der Waals surface area contributed by atoms with E-state index in [0.29, 0.717) is 6.04 Å². The molecule has 110 valence electrons. The Morgan fingerprint density at radius 2 is 2.05 bits per heavy atom. The SMILES string of the molecule is CCN(Cc1ccncc1)C1CCc2c(N)cccc2C1. The topological polar surface area (TPSA) is 42.2 Å². The summed E-state index contributed by atoms with van der Waals surface area (Å²) in [6, 6.07) is 11.2. The van der Waals surface area contributed by atoms with E-state index in [1.807, 2.05) is 18.5 Å². The van der Waals surface area contributed by atoms with Crippen molar-refractivity contribution in [2.24, 2.45) is 0 Å². The number of nitrogen functional groups attached to an aromatic ring is 1. The van der Waals surface area contributed by atoms with Crippen LogP contribution >= 0.6 is 0 Å². The number of fused-ring (bicyclic) bond motifs is 1. The zero-order valence-corrected chi connectivity index (χ0v) is 12.6. The molecule has 0 saturated carbocycles. The first-order chi connectivity index (χ1) is 10.3. The molecule has 3 nitrogen and oxygen atoms in total. The van der Waals surface area contributed by atoms with E-state index in [-0.39, 0.29) is 0 Å². The van der Waals surface area contributed by atoms with Crippen LogP contribution in [0.2, 0.25) is 0 Å². The van der Waals surface area contributed by atoms with Gasteiger partial charge in [-0.15, -0.1) is 0 Å². The Morgan fingerprint density at radius 3 is 2.81 bits per heavy atom. The Balaban J connectivity index is 1.74. The van der Waals surface area contributed by atoms with Crippen LogP contribution in [-0.4, -0.2) is 22.5 Å². The standard InChI is InChI=1S/C18H23N3/c1-2-21(13-14-8-10-20-11-9-14)16-6-7-17-15(12-16)4-3-5-18(17)19/h3-5,8-11,16H,2,6-7,12-13,19H2,1H3. The highest BCUT2D eigenvalue weighted by Crippen LogP contribution is 2.29. The lowest BCUT2D eigenvalue weighted by atomic mass is 9.86. The summed E-state index contributed by atoms with van der Waals surface area (Å²) < 4.78 is 0. The predicted octanol–water partition coefficient (Wildman–Crippen LogP) is 3.04. The summed E-state index contributed by atoms with van der Waals surface area (Å²) in [5.41, 5.74) is 11.2. The first kappa shape index (κ1) is 14.1. The Morgan fingerprint density at radius 1 is 1.24 bits per heavy atom. The molecule has 1 aliphatic rings. The van der Waals surface area contributed by atoms with Gasteiger partial charge in [-0.1, -0.05) is 19.1 Å². The van der Waals surface area contributed by atoms with Crippen molar-refractivity contribution >= 4 is 5.69 Å². The van der Waals surface area contributed by atoms with Crippen molar-refractivity contribution in [1.29, 1.82) is 0 Å². The minimum absolute atomic E-state index is 0.609. The minimum atomic E-state index is 0.609. The van der Waals surface area contributed by atoms with Gasteiger partial charge in [0.15, 0.2) is 0 Å². The minimum Gasteiger partial charge on any atom is -0.398 e. The predicted molar refractivity (Wildman–Crippen MR) is 87.0 cm³/mol. The molecule has 0 aliphatic heterocycles. The van der Waals surface area contributed by atoms with Crippen LogP contribution in [0.5, 0.6) is 0 Å². The van der Waals surface area contributed by atoms with Gasteiger partial charge in [0, 0.05) is 30.7 Å². The third-order valence-electron chi connectivity index (χ3n) is 4.55. The van der Waals surface area contributed by atoms with Gasteiger partial charge in [0.25, 0.3) is 0 Å². The molecule has 1 aromatic carbocycles. The summed E-state index contributed by atoms with van der Waals surface area (Å²) in [6.07, 6.45) is 7.15. The lowest BCUT2D eigenvalue weighted by molar-refractivity contribution is 0.180. The van der Waals surface area contributed by atoms with Gasteiger partial charge in [0.2, 0.25) is 0 Å². The van der Waals surface area contributed by atoms with Crippen LogP contribution in [0, 0.1) is 0 Å². The summed E-state index contributed by atoms with van der Waals surface area (Å²) in [5.74, 6) is 0. The zero-order valence-electron chi connectivity index (χ0n) is 12.6. The maximum Gasteiger partial charge on any atom is 0.0349 e. The molecule has 1 heterocycles. The number of nitrogens with two attached hydrogens (primary N) is 1. The second kappa shape index (κ2) is 6.27. The summed E-state index contributed by atoms with van der Waals surface area (Å²) in [5, 5.41) is 0. The Kier molecular flexibility index (Phi) is 4.20. The largest absolute Gasteiger partial charge is 0.398 e. The third kappa shape index (κ3) is 3.08. The van der Waals surface area contributed by atoms with E-state index in [0.717, 1.165) is 31.6 Å². The van der Waals surface area contributed by atoms with Gasteiger partial charge in [0.1, 0.15) is 0 Å². The van der Waals surface area contributed by atoms with Gasteiger partial charge < -0.3 is 5.73 Å². The van der Waals surface area contributed by atoms with E-state index in [4.69, 9.17) is 5.73 Å². The number of aromatic nitrogens is 1. The monoisotopic (exact) mass is 281 g/mol. The van der Waals surface area contributed by atoms with Crippen LogP contribution in [0.3, 0.4) is 0 Å². The molecule has 1 atom stereocenters. The number of hydrogen-bond donors (Lipinski definition) is 1. The maximum atomic E-state index is 6.10. The van der Waals surface area contributed by atoms with Crippen molar-refractivity contribution in [2.45, 2.75) is 38.8 Å². The molecular formula is C18H23N3. The average molecular weight is 281 g/mol. The normalized spacial score (nSPS) is 17.7. The molecule has 0 saturated heterocycles. The molecular weight excluding hydrogens is 258 g/mol. The first-order valence-corrected chi connectivity index (χ1v) is 7.77. The molecule has 0 radical (unpaired) electrons. The molecule has 0 spiro atoms. The van der Waals surface area contributed by atoms with Gasteiger partial charge in [0.05, 0.1) is 0 Å². The molecule has 21 heavy (non-hydrogen) atoms. The van der Waals surface area contributed by atoms with Gasteiger partial charge >= 0.3 is 0 Å². The fourth-order valence-corrected chi connectivity index (χ4v) is 3.35. The van der Waals surface area contributed by atoms with Crippen LogP contribution in [0.15, 0.2) is 42.7 Å². The van der Waals surface area contributed by atoms with Gasteiger partial charge in [-0.3, -0.25) is 9.88 Å². The number of rotatable bonds is 4. The first-order valence-electron chi connectivity index (χ1n) is 7.77. The molecule has 0 bridgehead atoms. The van der Waals surface area contributed by atoms with Crippen LogP contribution in [0.4, 0.5) is 5.69 Å². The van der Waals surface area contributed by atoms with E-state index in [1.54, 1.807) is 0 Å². The van der Waals surface area contributed by atoms with Crippen molar-refractivity contribution < 1.29 is 0 Å². The average Bonchev–Trinajstić information content (AvgIpc) is 2.53. The molecule has 1 aliphatic carbocycles. The number of likely N-dealkylation sites (N-methyl/N-ethyl adjacent to an activating group) is 1. The second-order valence-corrected chi connectivity index (χ2v) is 5.80. The summed E-state index contributed by atoms with van der Waals surface area (Å²) >= 11 is 0. The highest BCUT2D eigenvalue weighted by Gasteiger charge is 2.24. The molecule has 1 unspecified atom stereocenters. The second-order valence-electron chi connectivity index (χ2n) is 5.80. The van der Waals surface area contributed by atoms with Crippen molar-refractivity contribution in [3.8, 4) is 0 Å². The summed E-state index contributed by atoms with van der Waals surface area (Å²) in [4.78, 5) is 6.67. The quantitative estimate of drug-likeness (QED) is 0.876. The smallest absolute Gasteiger partial charge is 0.0349 e. The zero-order chi connectivity index (χ0) is 14.7. The highest BCUT2D eigenvalue weighted by atomic mass is 15.1. The lowest BCUT2D eigenvalue weighted by Gasteiger charge is -2.35. The molecule has 1 aromatic heterocycles. The Hall–Kier alpha value is -1.87. The molecule has 2 N–H and O–H groups in total. The van der Waals surface area contributed by atoms with Gasteiger partial charge in [-0.25, -0.2) is 0 Å². The van der Waals surface area contributed by atoms with E-state index in [2.05, 4.69) is 41.1 Å². The van der Waals surface area contributed by atoms with Crippen LogP contribution in [0.1, 0.15) is 30.0 Å². The van der Waals surface area contributed by atoms with Crippen LogP contribution in [-0.2, 0) is 19.4 Å². The number of benzene rings is 1. The number of anilines is 1. The fraction of sp³-hybridized carbons (Fsp3) is 0.389. The molecule has 0 fully saturated rings. The molecule has 3 rings (SSSR count). The highest BCUT2D eigenvalue weighted by molar-refractivity contribution is 5.52. The Bertz CT molecular complexity index is 595. The van der Waals surface area contributed by atoms with E-state index >= 15 is 0 Å². The van der Waals surface area contributed by atoms with Crippen molar-refractivity contribution in [3.05, 3.63) is 59.4 Å². The van der Waals surface area contributed by atoms with E-state index < -0.39 is 0 Å². The molecule has 3 heteroatoms. The van der Waals surface area contributed by atoms with Crippen molar-refractivity contribution in [1.82, 2.24) is 9.88 Å². The summed E-state index contributed by atoms with van der Waals surface area (Å²) in [6.45, 7) is 4.32. The number of hydrogen-bond acceptors (Lipinski definition) is 3. The van der Waals surface area contributed by atoms with E-state index in [9.17, 15) is 0 Å². The number of nitrogens with zero attached hydrogens (tertiary/aromatic N) is 2. The van der Waals surface area contributed by atoms with E-state index in [1.165, 1.54) is 23.1 Å². The van der Waals surface area contributed by atoms with Crippen molar-refractivity contribution in [2.75, 3.05) is 12.3 Å². The number of pyridine rings is 1. The Labute approximate surface area is 126 Å². The van der Waals surface area contributed by atoms with Crippen molar-refractivity contribution in [3.63, 3.8) is 0 Å². The van der Waals surface area contributed by atoms with Gasteiger partial charge in [-0.05, 0) is 60.7 Å². The molecule has 2 aromatic rings.